The average molecular weight is 460 g/mol. The summed E-state index contributed by atoms with van der Waals surface area (Å²) in [4.78, 5) is 23.5. The number of phenolic OH excluding ortho intramolecular Hbond substituents is 1. The lowest BCUT2D eigenvalue weighted by atomic mass is 9.92. The van der Waals surface area contributed by atoms with Gasteiger partial charge in [0.1, 0.15) is 22.0 Å². The Labute approximate surface area is 177 Å². The summed E-state index contributed by atoms with van der Waals surface area (Å²) >= 11 is 5.84. The fraction of sp³-hybridized carbons (Fsp3) is 0.444. The third-order valence-corrected chi connectivity index (χ3v) is 6.57. The number of rotatable bonds is 7. The molecule has 12 heteroatoms. The molecule has 6 N–H and O–H groups in total. The molecule has 0 radical (unpaired) electrons. The van der Waals surface area contributed by atoms with E-state index in [1.54, 1.807) is 0 Å². The second-order valence-corrected chi connectivity index (χ2v) is 9.04. The van der Waals surface area contributed by atoms with Crippen LogP contribution in [-0.2, 0) is 14.8 Å². The van der Waals surface area contributed by atoms with Crippen LogP contribution in [0.5, 0.6) is 5.75 Å². The van der Waals surface area contributed by atoms with E-state index in [-0.39, 0.29) is 28.0 Å². The molecule has 0 spiro atoms. The topological polar surface area (TPSA) is 168 Å². The molecule has 3 rings (SSSR count). The predicted octanol–water partition coefficient (Wildman–Crippen LogP) is 0.761. The Morgan fingerprint density at radius 1 is 1.20 bits per heavy atom. The van der Waals surface area contributed by atoms with Crippen molar-refractivity contribution in [2.75, 3.05) is 17.7 Å². The molecular weight excluding hydrogens is 438 g/mol. The van der Waals surface area contributed by atoms with Crippen molar-refractivity contribution in [2.45, 2.75) is 49.0 Å². The summed E-state index contributed by atoms with van der Waals surface area (Å²) in [6.07, 6.45) is 1.15. The number of nitrogens with two attached hydrogens (primary N) is 1. The first-order valence-corrected chi connectivity index (χ1v) is 11.1. The summed E-state index contributed by atoms with van der Waals surface area (Å²) in [6, 6.07) is 2.14. The molecule has 30 heavy (non-hydrogen) atoms. The van der Waals surface area contributed by atoms with E-state index in [0.717, 1.165) is 12.8 Å². The number of methoxy groups -OCH3 is 1. The van der Waals surface area contributed by atoms with Gasteiger partial charge in [0.25, 0.3) is 10.9 Å². The summed E-state index contributed by atoms with van der Waals surface area (Å²) in [6.45, 7) is 0. The summed E-state index contributed by atoms with van der Waals surface area (Å²) < 4.78 is 28.8. The second kappa shape index (κ2) is 8.52. The van der Waals surface area contributed by atoms with E-state index in [1.807, 2.05) is 0 Å². The third-order valence-electron chi connectivity index (χ3n) is 5.16. The number of hydrogen-bond acceptors (Lipinski definition) is 9. The molecule has 0 heterocycles. The van der Waals surface area contributed by atoms with Crippen molar-refractivity contribution in [3.05, 3.63) is 43.2 Å². The molecule has 0 saturated heterocycles. The van der Waals surface area contributed by atoms with E-state index in [1.165, 1.54) is 19.2 Å². The van der Waals surface area contributed by atoms with Gasteiger partial charge in [-0.3, -0.25) is 9.59 Å². The number of phenols is 1. The molecule has 0 amide bonds. The van der Waals surface area contributed by atoms with E-state index in [2.05, 4.69) is 10.6 Å². The van der Waals surface area contributed by atoms with Crippen LogP contribution in [0.3, 0.4) is 0 Å². The Hall–Kier alpha value is -2.18. The Morgan fingerprint density at radius 3 is 2.43 bits per heavy atom. The minimum atomic E-state index is -4.34. The van der Waals surface area contributed by atoms with Gasteiger partial charge in [-0.1, -0.05) is 24.4 Å². The Kier molecular flexibility index (Phi) is 6.39. The monoisotopic (exact) mass is 459 g/mol. The van der Waals surface area contributed by atoms with Gasteiger partial charge in [-0.25, -0.2) is 13.6 Å². The second-order valence-electron chi connectivity index (χ2n) is 7.13. The van der Waals surface area contributed by atoms with Gasteiger partial charge in [0.15, 0.2) is 6.23 Å². The average Bonchev–Trinajstić information content (AvgIpc) is 2.68. The first-order chi connectivity index (χ1) is 14.1. The Bertz CT molecular complexity index is 1130. The maximum atomic E-state index is 12.1. The number of ether oxygens (including phenoxy) is 1. The van der Waals surface area contributed by atoms with Crippen LogP contribution < -0.4 is 26.6 Å². The third kappa shape index (κ3) is 4.16. The van der Waals surface area contributed by atoms with Crippen LogP contribution in [0.2, 0.25) is 5.02 Å². The molecule has 2 aromatic carbocycles. The van der Waals surface area contributed by atoms with Crippen LogP contribution in [-0.4, -0.2) is 37.9 Å². The number of nitrogens with one attached hydrogen (secondary N) is 2. The zero-order chi connectivity index (χ0) is 22.2. The smallest absolute Gasteiger partial charge is 0.253 e. The van der Waals surface area contributed by atoms with Crippen molar-refractivity contribution < 1.29 is 23.4 Å². The van der Waals surface area contributed by atoms with E-state index < -0.39 is 43.9 Å². The van der Waals surface area contributed by atoms with Gasteiger partial charge >= 0.3 is 0 Å². The van der Waals surface area contributed by atoms with Crippen molar-refractivity contribution in [3.8, 4) is 5.75 Å². The molecule has 0 aromatic heterocycles. The minimum absolute atomic E-state index is 0.00752. The number of aliphatic hydroxyl groups is 1. The highest BCUT2D eigenvalue weighted by Crippen LogP contribution is 2.37. The zero-order valence-corrected chi connectivity index (χ0v) is 17.6. The van der Waals surface area contributed by atoms with Gasteiger partial charge in [0.05, 0.1) is 17.2 Å². The molecule has 164 valence electrons. The molecule has 10 nitrogen and oxygen atoms in total. The summed E-state index contributed by atoms with van der Waals surface area (Å²) in [5, 5.41) is 31.0. The van der Waals surface area contributed by atoms with Crippen LogP contribution in [0.1, 0.15) is 37.5 Å². The Morgan fingerprint density at radius 2 is 1.83 bits per heavy atom. The molecule has 0 bridgehead atoms. The predicted molar refractivity (Wildman–Crippen MR) is 111 cm³/mol. The van der Waals surface area contributed by atoms with E-state index >= 15 is 0 Å². The highest BCUT2D eigenvalue weighted by Gasteiger charge is 2.31. The molecule has 3 atom stereocenters. The van der Waals surface area contributed by atoms with Crippen molar-refractivity contribution >= 4 is 33.0 Å². The lowest BCUT2D eigenvalue weighted by Crippen LogP contribution is -2.44. The number of aromatic hydroxyl groups is 1. The van der Waals surface area contributed by atoms with Crippen molar-refractivity contribution in [3.63, 3.8) is 0 Å². The SMILES string of the molecule is COC(Nc1c(NC2CCCCC2O)c(=O)c1=O)c1ccc(Cl)c(S(N)(=O)=O)c1O. The first kappa shape index (κ1) is 22.5. The summed E-state index contributed by atoms with van der Waals surface area (Å²) in [5.41, 5.74) is -1.67. The molecule has 3 unspecified atom stereocenters. The number of aliphatic hydroxyl groups excluding tert-OH is 1. The number of sulfonamides is 1. The molecule has 1 aliphatic rings. The molecule has 1 saturated carbocycles. The molecule has 2 aromatic rings. The highest BCUT2D eigenvalue weighted by molar-refractivity contribution is 7.89. The van der Waals surface area contributed by atoms with Gasteiger partial charge in [-0.05, 0) is 25.0 Å². The van der Waals surface area contributed by atoms with Crippen molar-refractivity contribution in [1.29, 1.82) is 0 Å². The molecular formula is C18H22ClN3O7S. The van der Waals surface area contributed by atoms with Crippen LogP contribution in [0.4, 0.5) is 11.4 Å². The standard InChI is InChI=1S/C18H22ClN3O7S/c1-29-18(8-6-7-9(19)17(14(8)24)30(20,27)28)22-13-12(15(25)16(13)26)21-10-4-2-3-5-11(10)23/h6-7,10-11,18,21-24H,2-5H2,1H3,(H2,20,27,28). The normalized spacial score (nSPS) is 20.8. The fourth-order valence-electron chi connectivity index (χ4n) is 3.57. The van der Waals surface area contributed by atoms with Gasteiger partial charge < -0.3 is 25.6 Å². The maximum Gasteiger partial charge on any atom is 0.253 e. The lowest BCUT2D eigenvalue weighted by Gasteiger charge is -2.31. The van der Waals surface area contributed by atoms with Crippen LogP contribution in [0.15, 0.2) is 26.6 Å². The number of halogens is 1. The quantitative estimate of drug-likeness (QED) is 0.296. The number of benzene rings is 1. The molecule has 0 aliphatic heterocycles. The van der Waals surface area contributed by atoms with Gasteiger partial charge in [0.2, 0.25) is 10.0 Å². The van der Waals surface area contributed by atoms with E-state index in [4.69, 9.17) is 21.5 Å². The minimum Gasteiger partial charge on any atom is -0.506 e. The Balaban J connectivity index is 1.92. The number of primary sulfonamides is 1. The lowest BCUT2D eigenvalue weighted by molar-refractivity contribution is 0.116. The van der Waals surface area contributed by atoms with E-state index in [0.29, 0.717) is 12.8 Å². The maximum absolute atomic E-state index is 12.1. The number of anilines is 2. The number of hydrogen-bond donors (Lipinski definition) is 5. The molecule has 1 fully saturated rings. The summed E-state index contributed by atoms with van der Waals surface area (Å²) in [7, 11) is -3.09. The highest BCUT2D eigenvalue weighted by atomic mass is 35.5. The van der Waals surface area contributed by atoms with Crippen LogP contribution in [0.25, 0.3) is 0 Å². The first-order valence-electron chi connectivity index (χ1n) is 9.17. The van der Waals surface area contributed by atoms with E-state index in [9.17, 15) is 28.2 Å². The summed E-state index contributed by atoms with van der Waals surface area (Å²) in [5.74, 6) is -0.736. The van der Waals surface area contributed by atoms with Crippen molar-refractivity contribution in [2.24, 2.45) is 5.14 Å². The van der Waals surface area contributed by atoms with Gasteiger partial charge in [-0.15, -0.1) is 0 Å². The largest absolute Gasteiger partial charge is 0.506 e. The van der Waals surface area contributed by atoms with Gasteiger partial charge in [0, 0.05) is 12.7 Å². The molecule has 1 aliphatic carbocycles. The van der Waals surface area contributed by atoms with Crippen LogP contribution in [0, 0.1) is 0 Å². The zero-order valence-electron chi connectivity index (χ0n) is 16.0. The fourth-order valence-corrected chi connectivity index (χ4v) is 4.77. The van der Waals surface area contributed by atoms with Gasteiger partial charge in [-0.2, -0.15) is 0 Å². The van der Waals surface area contributed by atoms with Crippen molar-refractivity contribution in [1.82, 2.24) is 0 Å². The van der Waals surface area contributed by atoms with Crippen LogP contribution >= 0.6 is 11.6 Å².